The normalized spacial score (nSPS) is 12.7. The van der Waals surface area contributed by atoms with E-state index in [1.165, 1.54) is 66.1 Å². The molecule has 0 saturated heterocycles. The van der Waals surface area contributed by atoms with Gasteiger partial charge < -0.3 is 4.42 Å². The van der Waals surface area contributed by atoms with E-state index in [0.717, 1.165) is 49.8 Å². The maximum Gasteiger partial charge on any atom is 0.164 e. The van der Waals surface area contributed by atoms with Crippen LogP contribution in [0.15, 0.2) is 253 Å². The van der Waals surface area contributed by atoms with Gasteiger partial charge in [0.15, 0.2) is 17.5 Å². The number of furan rings is 1. The van der Waals surface area contributed by atoms with E-state index < -0.39 is 5.41 Å². The molecule has 0 fully saturated rings. The molecule has 0 bridgehead atoms. The van der Waals surface area contributed by atoms with Crippen LogP contribution in [0.5, 0.6) is 0 Å². The molecule has 70 heavy (non-hydrogen) atoms. The van der Waals surface area contributed by atoms with E-state index in [2.05, 4.69) is 176 Å². The third-order valence-corrected chi connectivity index (χ3v) is 14.4. The van der Waals surface area contributed by atoms with Crippen molar-refractivity contribution in [2.75, 3.05) is 0 Å². The van der Waals surface area contributed by atoms with Crippen LogP contribution in [0.3, 0.4) is 0 Å². The van der Waals surface area contributed by atoms with Gasteiger partial charge in [0.2, 0.25) is 0 Å². The number of hydrogen-bond donors (Lipinski definition) is 0. The lowest BCUT2D eigenvalue weighted by atomic mass is 9.67. The second-order valence-corrected chi connectivity index (χ2v) is 18.2. The topological polar surface area (TPSA) is 51.8 Å². The summed E-state index contributed by atoms with van der Waals surface area (Å²) in [5.41, 5.74) is 16.2. The molecular formula is C66H41N3O. The molecule has 13 aromatic rings. The van der Waals surface area contributed by atoms with Crippen LogP contribution in [-0.4, -0.2) is 15.0 Å². The van der Waals surface area contributed by atoms with Crippen LogP contribution in [0, 0.1) is 0 Å². The van der Waals surface area contributed by atoms with Crippen molar-refractivity contribution in [1.29, 1.82) is 0 Å². The Bertz CT molecular complexity index is 4070. The molecule has 326 valence electrons. The molecular weight excluding hydrogens is 851 g/mol. The molecule has 1 aliphatic rings. The summed E-state index contributed by atoms with van der Waals surface area (Å²) in [7, 11) is 0. The van der Waals surface area contributed by atoms with E-state index in [1.807, 2.05) is 72.8 Å². The standard InChI is InChI=1S/C66H41N3O/c1-5-18-42(19-6-1)63-67-64(43-20-7-2-8-21-43)69-65(68-63)54-29-17-31-61-62(54)57-39-45(35-37-60(57)70-61)44-32-33-46-40-56(51-27-14-13-26-50(51)55(46)38-44)47-34-36-53-52-28-15-16-30-58(52)66(59(53)41-47,48-22-9-3-10-23-48)49-24-11-4-12-25-49/h1-41H. The Kier molecular flexibility index (Phi) is 9.08. The largest absolute Gasteiger partial charge is 0.456 e. The lowest BCUT2D eigenvalue weighted by Crippen LogP contribution is -2.28. The minimum Gasteiger partial charge on any atom is -0.456 e. The van der Waals surface area contributed by atoms with Gasteiger partial charge in [-0.3, -0.25) is 0 Å². The highest BCUT2D eigenvalue weighted by Gasteiger charge is 2.46. The molecule has 0 radical (unpaired) electrons. The fourth-order valence-electron chi connectivity index (χ4n) is 11.3. The van der Waals surface area contributed by atoms with Crippen LogP contribution < -0.4 is 0 Å². The maximum absolute atomic E-state index is 6.56. The van der Waals surface area contributed by atoms with Crippen molar-refractivity contribution < 1.29 is 4.42 Å². The molecule has 4 nitrogen and oxygen atoms in total. The second kappa shape index (κ2) is 15.9. The summed E-state index contributed by atoms with van der Waals surface area (Å²) in [6.45, 7) is 0. The SMILES string of the molecule is c1ccc(-c2nc(-c3ccccc3)nc(-c3cccc4oc5ccc(-c6ccc7cc(-c8ccc9c(c8)C(c8ccccc8)(c8ccccc8)c8ccccc8-9)c8ccccc8c7c6)cc5c34)n2)cc1. The van der Waals surface area contributed by atoms with Crippen LogP contribution >= 0.6 is 0 Å². The van der Waals surface area contributed by atoms with Gasteiger partial charge in [0.1, 0.15) is 11.2 Å². The molecule has 0 atom stereocenters. The van der Waals surface area contributed by atoms with Crippen molar-refractivity contribution in [3.63, 3.8) is 0 Å². The van der Waals surface area contributed by atoms with E-state index >= 15 is 0 Å². The first-order valence-electron chi connectivity index (χ1n) is 23.8. The molecule has 0 saturated carbocycles. The lowest BCUT2D eigenvalue weighted by Gasteiger charge is -2.34. The quantitative estimate of drug-likeness (QED) is 0.150. The second-order valence-electron chi connectivity index (χ2n) is 18.2. The molecule has 4 heteroatoms. The number of hydrogen-bond acceptors (Lipinski definition) is 4. The molecule has 0 unspecified atom stereocenters. The summed E-state index contributed by atoms with van der Waals surface area (Å²) in [4.78, 5) is 15.2. The van der Waals surface area contributed by atoms with Crippen LogP contribution in [0.1, 0.15) is 22.3 Å². The smallest absolute Gasteiger partial charge is 0.164 e. The van der Waals surface area contributed by atoms with E-state index in [0.29, 0.717) is 17.5 Å². The minimum atomic E-state index is -0.476. The Morgan fingerprint density at radius 2 is 0.829 bits per heavy atom. The predicted octanol–water partition coefficient (Wildman–Crippen LogP) is 16.8. The summed E-state index contributed by atoms with van der Waals surface area (Å²) in [5.74, 6) is 1.84. The van der Waals surface area contributed by atoms with Crippen LogP contribution in [0.4, 0.5) is 0 Å². The first kappa shape index (κ1) is 39.9. The third kappa shape index (κ3) is 6.20. The Labute approximate surface area is 404 Å². The van der Waals surface area contributed by atoms with Gasteiger partial charge in [-0.15, -0.1) is 0 Å². The molecule has 0 amide bonds. The number of nitrogens with zero attached hydrogens (tertiary/aromatic N) is 3. The highest BCUT2D eigenvalue weighted by molar-refractivity contribution is 6.16. The molecule has 14 rings (SSSR count). The summed E-state index contributed by atoms with van der Waals surface area (Å²) in [6.07, 6.45) is 0. The van der Waals surface area contributed by atoms with Gasteiger partial charge >= 0.3 is 0 Å². The average molecular weight is 892 g/mol. The zero-order valence-corrected chi connectivity index (χ0v) is 37.9. The van der Waals surface area contributed by atoms with Gasteiger partial charge in [-0.05, 0) is 114 Å². The fraction of sp³-hybridized carbons (Fsp3) is 0.0152. The van der Waals surface area contributed by atoms with Gasteiger partial charge in [0.05, 0.1) is 5.41 Å². The molecule has 2 heterocycles. The fourth-order valence-corrected chi connectivity index (χ4v) is 11.3. The van der Waals surface area contributed by atoms with Gasteiger partial charge in [-0.2, -0.15) is 0 Å². The molecule has 2 aromatic heterocycles. The van der Waals surface area contributed by atoms with E-state index in [9.17, 15) is 0 Å². The van der Waals surface area contributed by atoms with Gasteiger partial charge in [-0.25, -0.2) is 15.0 Å². The van der Waals surface area contributed by atoms with Crippen molar-refractivity contribution >= 4 is 43.5 Å². The highest BCUT2D eigenvalue weighted by Crippen LogP contribution is 2.57. The zero-order chi connectivity index (χ0) is 46.2. The van der Waals surface area contributed by atoms with E-state index in [-0.39, 0.29) is 0 Å². The Morgan fingerprint density at radius 1 is 0.286 bits per heavy atom. The highest BCUT2D eigenvalue weighted by atomic mass is 16.3. The molecule has 1 aliphatic carbocycles. The predicted molar refractivity (Wildman–Crippen MR) is 287 cm³/mol. The molecule has 0 aliphatic heterocycles. The maximum atomic E-state index is 6.56. The summed E-state index contributed by atoms with van der Waals surface area (Å²) in [5, 5.41) is 6.81. The van der Waals surface area contributed by atoms with Crippen LogP contribution in [0.25, 0.3) is 111 Å². The Morgan fingerprint density at radius 3 is 1.53 bits per heavy atom. The van der Waals surface area contributed by atoms with Crippen molar-refractivity contribution in [2.45, 2.75) is 5.41 Å². The number of rotatable bonds is 7. The Hall–Kier alpha value is -9.25. The number of fused-ring (bicyclic) bond motifs is 9. The Balaban J connectivity index is 0.910. The van der Waals surface area contributed by atoms with Crippen molar-refractivity contribution in [3.05, 3.63) is 271 Å². The van der Waals surface area contributed by atoms with Gasteiger partial charge in [-0.1, -0.05) is 212 Å². The minimum absolute atomic E-state index is 0.476. The van der Waals surface area contributed by atoms with Crippen molar-refractivity contribution in [1.82, 2.24) is 15.0 Å². The third-order valence-electron chi connectivity index (χ3n) is 14.4. The number of benzene rings is 11. The van der Waals surface area contributed by atoms with E-state index in [1.54, 1.807) is 0 Å². The summed E-state index contributed by atoms with van der Waals surface area (Å²) < 4.78 is 6.56. The lowest BCUT2D eigenvalue weighted by molar-refractivity contribution is 0.669. The van der Waals surface area contributed by atoms with Crippen LogP contribution in [-0.2, 0) is 5.41 Å². The van der Waals surface area contributed by atoms with Gasteiger partial charge in [0, 0.05) is 27.5 Å². The van der Waals surface area contributed by atoms with Crippen molar-refractivity contribution in [2.24, 2.45) is 0 Å². The summed E-state index contributed by atoms with van der Waals surface area (Å²) >= 11 is 0. The van der Waals surface area contributed by atoms with Gasteiger partial charge in [0.25, 0.3) is 0 Å². The molecule has 11 aromatic carbocycles. The first-order valence-corrected chi connectivity index (χ1v) is 23.8. The molecule has 0 spiro atoms. The van der Waals surface area contributed by atoms with Crippen molar-refractivity contribution in [3.8, 4) is 67.5 Å². The zero-order valence-electron chi connectivity index (χ0n) is 37.9. The van der Waals surface area contributed by atoms with E-state index in [4.69, 9.17) is 19.4 Å². The molecule has 0 N–H and O–H groups in total. The monoisotopic (exact) mass is 891 g/mol. The number of aromatic nitrogens is 3. The van der Waals surface area contributed by atoms with Crippen LogP contribution in [0.2, 0.25) is 0 Å². The average Bonchev–Trinajstić information content (AvgIpc) is 3.97. The first-order chi connectivity index (χ1) is 34.7. The summed E-state index contributed by atoms with van der Waals surface area (Å²) in [6, 6.07) is 89.2.